The third kappa shape index (κ3) is 2.41. The topological polar surface area (TPSA) is 51.2 Å². The molecule has 92 valence electrons. The van der Waals surface area contributed by atoms with E-state index < -0.39 is 15.1 Å². The van der Waals surface area contributed by atoms with Gasteiger partial charge in [-0.15, -0.1) is 0 Å². The molecule has 1 saturated carbocycles. The van der Waals surface area contributed by atoms with Gasteiger partial charge in [-0.25, -0.2) is 8.42 Å². The van der Waals surface area contributed by atoms with E-state index in [-0.39, 0.29) is 18.1 Å². The first-order chi connectivity index (χ1) is 8.01. The summed E-state index contributed by atoms with van der Waals surface area (Å²) in [5.41, 5.74) is 0. The molecule has 2 rings (SSSR count). The first-order valence-electron chi connectivity index (χ1n) is 5.83. The van der Waals surface area contributed by atoms with Crippen LogP contribution in [0.1, 0.15) is 26.2 Å². The van der Waals surface area contributed by atoms with Crippen LogP contribution in [0.25, 0.3) is 0 Å². The van der Waals surface area contributed by atoms with Gasteiger partial charge in [0.1, 0.15) is 5.78 Å². The molecule has 0 unspecified atom stereocenters. The Labute approximate surface area is 102 Å². The van der Waals surface area contributed by atoms with Gasteiger partial charge in [0.05, 0.1) is 10.1 Å². The summed E-state index contributed by atoms with van der Waals surface area (Å²) < 4.78 is 24.6. The standard InChI is InChI=1S/C13H16O3S/c1-10-7-8-12(9-13(10)14)17(15,16)11-5-3-2-4-6-11/h2-6,10,12H,7-9H2,1H3/t10-,12+/m1/s1. The molecule has 0 N–H and O–H groups in total. The van der Waals surface area contributed by atoms with E-state index in [9.17, 15) is 13.2 Å². The predicted octanol–water partition coefficient (Wildman–Crippen LogP) is 2.22. The highest BCUT2D eigenvalue weighted by molar-refractivity contribution is 7.92. The molecule has 0 bridgehead atoms. The van der Waals surface area contributed by atoms with Crippen LogP contribution in [0.3, 0.4) is 0 Å². The smallest absolute Gasteiger partial charge is 0.181 e. The summed E-state index contributed by atoms with van der Waals surface area (Å²) in [6.07, 6.45) is 1.43. The molecule has 1 aromatic rings. The van der Waals surface area contributed by atoms with Crippen molar-refractivity contribution >= 4 is 15.6 Å². The number of carbonyl (C=O) groups excluding carboxylic acids is 1. The Morgan fingerprint density at radius 2 is 1.76 bits per heavy atom. The molecule has 0 aromatic heterocycles. The van der Waals surface area contributed by atoms with Crippen molar-refractivity contribution in [3.8, 4) is 0 Å². The maximum atomic E-state index is 12.3. The maximum Gasteiger partial charge on any atom is 0.181 e. The Balaban J connectivity index is 2.26. The van der Waals surface area contributed by atoms with Crippen LogP contribution in [0.15, 0.2) is 35.2 Å². The normalized spacial score (nSPS) is 25.8. The van der Waals surface area contributed by atoms with Crippen molar-refractivity contribution in [3.05, 3.63) is 30.3 Å². The van der Waals surface area contributed by atoms with Crippen molar-refractivity contribution in [1.82, 2.24) is 0 Å². The van der Waals surface area contributed by atoms with Crippen LogP contribution in [0.2, 0.25) is 0 Å². The lowest BCUT2D eigenvalue weighted by molar-refractivity contribution is -0.123. The minimum absolute atomic E-state index is 0.0113. The third-order valence-corrected chi connectivity index (χ3v) is 5.62. The van der Waals surface area contributed by atoms with E-state index in [1.807, 2.05) is 6.92 Å². The number of rotatable bonds is 2. The number of hydrogen-bond acceptors (Lipinski definition) is 3. The van der Waals surface area contributed by atoms with E-state index in [2.05, 4.69) is 0 Å². The fourth-order valence-electron chi connectivity index (χ4n) is 2.19. The first kappa shape index (κ1) is 12.3. The molecule has 0 radical (unpaired) electrons. The van der Waals surface area contributed by atoms with Crippen molar-refractivity contribution in [2.75, 3.05) is 0 Å². The SMILES string of the molecule is C[C@@H]1CC[C@H](S(=O)(=O)c2ccccc2)CC1=O. The number of hydrogen-bond donors (Lipinski definition) is 0. The van der Waals surface area contributed by atoms with Crippen LogP contribution in [-0.2, 0) is 14.6 Å². The molecular formula is C13H16O3S. The average Bonchev–Trinajstić information content (AvgIpc) is 2.33. The van der Waals surface area contributed by atoms with E-state index in [1.54, 1.807) is 30.3 Å². The molecule has 0 amide bonds. The minimum atomic E-state index is -3.34. The summed E-state index contributed by atoms with van der Waals surface area (Å²) >= 11 is 0. The minimum Gasteiger partial charge on any atom is -0.299 e. The highest BCUT2D eigenvalue weighted by Crippen LogP contribution is 2.29. The summed E-state index contributed by atoms with van der Waals surface area (Å²) in [7, 11) is -3.34. The van der Waals surface area contributed by atoms with Crippen molar-refractivity contribution in [1.29, 1.82) is 0 Å². The van der Waals surface area contributed by atoms with Crippen molar-refractivity contribution in [2.45, 2.75) is 36.3 Å². The maximum absolute atomic E-state index is 12.3. The molecule has 0 saturated heterocycles. The van der Waals surface area contributed by atoms with E-state index in [4.69, 9.17) is 0 Å². The molecule has 2 atom stereocenters. The molecule has 1 fully saturated rings. The van der Waals surface area contributed by atoms with Crippen LogP contribution in [0, 0.1) is 5.92 Å². The van der Waals surface area contributed by atoms with Gasteiger partial charge in [-0.3, -0.25) is 4.79 Å². The second kappa shape index (κ2) is 4.61. The molecule has 1 aromatic carbocycles. The lowest BCUT2D eigenvalue weighted by Gasteiger charge is -2.24. The first-order valence-corrected chi connectivity index (χ1v) is 7.38. The molecular weight excluding hydrogens is 236 g/mol. The Morgan fingerprint density at radius 3 is 2.35 bits per heavy atom. The summed E-state index contributed by atoms with van der Waals surface area (Å²) in [6, 6.07) is 8.39. The number of sulfone groups is 1. The van der Waals surface area contributed by atoms with Gasteiger partial charge >= 0.3 is 0 Å². The molecule has 17 heavy (non-hydrogen) atoms. The Kier molecular flexibility index (Phi) is 3.33. The van der Waals surface area contributed by atoms with Crippen molar-refractivity contribution in [2.24, 2.45) is 5.92 Å². The monoisotopic (exact) mass is 252 g/mol. The highest BCUT2D eigenvalue weighted by atomic mass is 32.2. The lowest BCUT2D eigenvalue weighted by atomic mass is 9.89. The fraction of sp³-hybridized carbons (Fsp3) is 0.462. The van der Waals surface area contributed by atoms with Gasteiger partial charge in [0, 0.05) is 12.3 Å². The van der Waals surface area contributed by atoms with Crippen LogP contribution in [-0.4, -0.2) is 19.5 Å². The van der Waals surface area contributed by atoms with Gasteiger partial charge < -0.3 is 0 Å². The van der Waals surface area contributed by atoms with Crippen LogP contribution < -0.4 is 0 Å². The Hall–Kier alpha value is -1.16. The Morgan fingerprint density at radius 1 is 1.12 bits per heavy atom. The van der Waals surface area contributed by atoms with Gasteiger partial charge in [0.25, 0.3) is 0 Å². The second-order valence-electron chi connectivity index (χ2n) is 4.63. The van der Waals surface area contributed by atoms with Gasteiger partial charge in [0.15, 0.2) is 9.84 Å². The van der Waals surface area contributed by atoms with Crippen molar-refractivity contribution < 1.29 is 13.2 Å². The van der Waals surface area contributed by atoms with Gasteiger partial charge in [-0.05, 0) is 25.0 Å². The number of benzene rings is 1. The second-order valence-corrected chi connectivity index (χ2v) is 6.86. The number of carbonyl (C=O) groups is 1. The van der Waals surface area contributed by atoms with Gasteiger partial charge in [-0.2, -0.15) is 0 Å². The van der Waals surface area contributed by atoms with E-state index in [1.165, 1.54) is 0 Å². The lowest BCUT2D eigenvalue weighted by Crippen LogP contribution is -2.32. The molecule has 4 heteroatoms. The summed E-state index contributed by atoms with van der Waals surface area (Å²) in [6.45, 7) is 1.87. The molecule has 1 aliphatic rings. The zero-order chi connectivity index (χ0) is 12.5. The van der Waals surface area contributed by atoms with Gasteiger partial charge in [0.2, 0.25) is 0 Å². The molecule has 0 spiro atoms. The van der Waals surface area contributed by atoms with E-state index in [0.29, 0.717) is 17.7 Å². The summed E-state index contributed by atoms with van der Waals surface area (Å²) in [5.74, 6) is 0.0815. The molecule has 0 heterocycles. The predicted molar refractivity (Wildman–Crippen MR) is 65.4 cm³/mol. The van der Waals surface area contributed by atoms with E-state index in [0.717, 1.165) is 0 Å². The quantitative estimate of drug-likeness (QED) is 0.811. The zero-order valence-corrected chi connectivity index (χ0v) is 10.6. The van der Waals surface area contributed by atoms with Gasteiger partial charge in [-0.1, -0.05) is 25.1 Å². The Bertz CT molecular complexity index is 505. The van der Waals surface area contributed by atoms with Crippen molar-refractivity contribution in [3.63, 3.8) is 0 Å². The largest absolute Gasteiger partial charge is 0.299 e. The number of ketones is 1. The number of Topliss-reactive ketones (excluding diaryl/α,β-unsaturated/α-hetero) is 1. The zero-order valence-electron chi connectivity index (χ0n) is 9.80. The fourth-order valence-corrected chi connectivity index (χ4v) is 3.94. The summed E-state index contributed by atoms with van der Waals surface area (Å²) in [5, 5.41) is -0.534. The average molecular weight is 252 g/mol. The van der Waals surface area contributed by atoms with E-state index >= 15 is 0 Å². The highest BCUT2D eigenvalue weighted by Gasteiger charge is 2.34. The van der Waals surface area contributed by atoms with Crippen LogP contribution >= 0.6 is 0 Å². The molecule has 3 nitrogen and oxygen atoms in total. The molecule has 0 aliphatic heterocycles. The molecule has 1 aliphatic carbocycles. The van der Waals surface area contributed by atoms with Crippen LogP contribution in [0.5, 0.6) is 0 Å². The van der Waals surface area contributed by atoms with Crippen LogP contribution in [0.4, 0.5) is 0 Å². The summed E-state index contributed by atoms with van der Waals surface area (Å²) in [4.78, 5) is 11.9. The third-order valence-electron chi connectivity index (χ3n) is 3.41.